The zero-order valence-corrected chi connectivity index (χ0v) is 20.5. The maximum absolute atomic E-state index is 5.97. The zero-order chi connectivity index (χ0) is 20.2. The summed E-state index contributed by atoms with van der Waals surface area (Å²) < 4.78 is 16.6. The molecule has 29 heavy (non-hydrogen) atoms. The van der Waals surface area contributed by atoms with Gasteiger partial charge in [0.1, 0.15) is 17.6 Å². The van der Waals surface area contributed by atoms with Crippen molar-refractivity contribution in [1.29, 1.82) is 0 Å². The lowest BCUT2D eigenvalue weighted by molar-refractivity contribution is 0.0323. The summed E-state index contributed by atoms with van der Waals surface area (Å²) in [5, 5.41) is 6.69. The number of nitrogens with zero attached hydrogens (tertiary/aromatic N) is 2. The predicted octanol–water partition coefficient (Wildman–Crippen LogP) is 2.60. The van der Waals surface area contributed by atoms with Gasteiger partial charge in [0.2, 0.25) is 0 Å². The summed E-state index contributed by atoms with van der Waals surface area (Å²) in [5.41, 5.74) is 0. The molecule has 7 nitrogen and oxygen atoms in total. The fraction of sp³-hybridized carbons (Fsp3) is 0.667. The van der Waals surface area contributed by atoms with Crippen LogP contribution in [0.25, 0.3) is 0 Å². The van der Waals surface area contributed by atoms with E-state index in [4.69, 9.17) is 19.2 Å². The maximum atomic E-state index is 5.97. The van der Waals surface area contributed by atoms with Gasteiger partial charge in [-0.05, 0) is 31.9 Å². The quantitative estimate of drug-likeness (QED) is 0.281. The van der Waals surface area contributed by atoms with Gasteiger partial charge in [-0.2, -0.15) is 0 Å². The molecule has 1 aromatic rings. The van der Waals surface area contributed by atoms with Crippen molar-refractivity contribution < 1.29 is 14.2 Å². The van der Waals surface area contributed by atoms with Crippen molar-refractivity contribution in [2.45, 2.75) is 26.9 Å². The Kier molecular flexibility index (Phi) is 13.0. The highest BCUT2D eigenvalue weighted by atomic mass is 127. The molecule has 0 aliphatic carbocycles. The Morgan fingerprint density at radius 2 is 1.93 bits per heavy atom. The number of nitrogens with one attached hydrogen (secondary N) is 2. The zero-order valence-electron chi connectivity index (χ0n) is 18.1. The first kappa shape index (κ1) is 25.8. The van der Waals surface area contributed by atoms with Gasteiger partial charge < -0.3 is 24.8 Å². The molecule has 8 heteroatoms. The number of morpholine rings is 1. The van der Waals surface area contributed by atoms with E-state index in [-0.39, 0.29) is 30.1 Å². The van der Waals surface area contributed by atoms with Crippen LogP contribution in [-0.4, -0.2) is 76.6 Å². The number of hydrogen-bond donors (Lipinski definition) is 2. The lowest BCUT2D eigenvalue weighted by atomic mass is 10.1. The second-order valence-electron chi connectivity index (χ2n) is 7.23. The van der Waals surface area contributed by atoms with Crippen LogP contribution in [0, 0.1) is 5.92 Å². The average Bonchev–Trinajstić information content (AvgIpc) is 2.71. The van der Waals surface area contributed by atoms with Crippen LogP contribution in [0.15, 0.2) is 29.3 Å². The molecule has 1 aliphatic heterocycles. The molecule has 2 unspecified atom stereocenters. The summed E-state index contributed by atoms with van der Waals surface area (Å²) in [7, 11) is 1.66. The average molecular weight is 520 g/mol. The minimum Gasteiger partial charge on any atom is -0.497 e. The van der Waals surface area contributed by atoms with E-state index in [9.17, 15) is 0 Å². The molecule has 0 saturated carbocycles. The van der Waals surface area contributed by atoms with Gasteiger partial charge in [-0.3, -0.25) is 9.89 Å². The van der Waals surface area contributed by atoms with E-state index in [0.717, 1.165) is 63.4 Å². The van der Waals surface area contributed by atoms with Gasteiger partial charge in [0, 0.05) is 38.8 Å². The standard InChI is InChI=1S/C21H36N4O3.HI/c1-5-22-21(23-14-17(2)16-25-9-11-27-12-10-25)24-15-18(3)28-20-8-6-7-19(13-20)26-4;/h6-8,13,17-18H,5,9-12,14-16H2,1-4H3,(H2,22,23,24);1H. The van der Waals surface area contributed by atoms with Crippen molar-refractivity contribution in [1.82, 2.24) is 15.5 Å². The largest absolute Gasteiger partial charge is 0.497 e. The predicted molar refractivity (Wildman–Crippen MR) is 129 cm³/mol. The monoisotopic (exact) mass is 520 g/mol. The van der Waals surface area contributed by atoms with Crippen molar-refractivity contribution in [2.75, 3.05) is 59.6 Å². The van der Waals surface area contributed by atoms with Crippen molar-refractivity contribution >= 4 is 29.9 Å². The molecular weight excluding hydrogens is 483 g/mol. The number of halogens is 1. The molecule has 0 amide bonds. The van der Waals surface area contributed by atoms with Gasteiger partial charge in [0.05, 0.1) is 26.9 Å². The Morgan fingerprint density at radius 1 is 1.21 bits per heavy atom. The summed E-state index contributed by atoms with van der Waals surface area (Å²) in [6.45, 7) is 13.4. The number of methoxy groups -OCH3 is 1. The highest BCUT2D eigenvalue weighted by Crippen LogP contribution is 2.19. The summed E-state index contributed by atoms with van der Waals surface area (Å²) in [6.07, 6.45) is 0.00161. The number of hydrogen-bond acceptors (Lipinski definition) is 5. The van der Waals surface area contributed by atoms with E-state index < -0.39 is 0 Å². The molecule has 0 spiro atoms. The van der Waals surface area contributed by atoms with Crippen LogP contribution >= 0.6 is 24.0 Å². The third-order valence-corrected chi connectivity index (χ3v) is 4.51. The van der Waals surface area contributed by atoms with E-state index >= 15 is 0 Å². The van der Waals surface area contributed by atoms with Crippen LogP contribution < -0.4 is 20.1 Å². The SMILES string of the molecule is CCNC(=NCC(C)CN1CCOCC1)NCC(C)Oc1cccc(OC)c1.I. The van der Waals surface area contributed by atoms with Crippen LogP contribution in [0.5, 0.6) is 11.5 Å². The second-order valence-corrected chi connectivity index (χ2v) is 7.23. The van der Waals surface area contributed by atoms with Gasteiger partial charge in [-0.15, -0.1) is 24.0 Å². The van der Waals surface area contributed by atoms with E-state index in [0.29, 0.717) is 12.5 Å². The van der Waals surface area contributed by atoms with Gasteiger partial charge in [-0.25, -0.2) is 0 Å². The van der Waals surface area contributed by atoms with Crippen LogP contribution in [0.1, 0.15) is 20.8 Å². The number of benzene rings is 1. The first-order chi connectivity index (χ1) is 13.6. The summed E-state index contributed by atoms with van der Waals surface area (Å²) in [6, 6.07) is 7.66. The fourth-order valence-corrected chi connectivity index (χ4v) is 3.06. The molecule has 1 fully saturated rings. The molecule has 2 N–H and O–H groups in total. The lowest BCUT2D eigenvalue weighted by Crippen LogP contribution is -2.42. The summed E-state index contributed by atoms with van der Waals surface area (Å²) >= 11 is 0. The molecule has 2 atom stereocenters. The van der Waals surface area contributed by atoms with Crippen LogP contribution in [0.4, 0.5) is 0 Å². The number of guanidine groups is 1. The van der Waals surface area contributed by atoms with Crippen LogP contribution in [0.2, 0.25) is 0 Å². The first-order valence-corrected chi connectivity index (χ1v) is 10.2. The highest BCUT2D eigenvalue weighted by Gasteiger charge is 2.14. The van der Waals surface area contributed by atoms with E-state index in [1.54, 1.807) is 7.11 Å². The molecule has 1 heterocycles. The third kappa shape index (κ3) is 10.4. The maximum Gasteiger partial charge on any atom is 0.191 e. The van der Waals surface area contributed by atoms with Gasteiger partial charge in [-0.1, -0.05) is 13.0 Å². The van der Waals surface area contributed by atoms with E-state index in [2.05, 4.69) is 29.4 Å². The summed E-state index contributed by atoms with van der Waals surface area (Å²) in [4.78, 5) is 7.20. The third-order valence-electron chi connectivity index (χ3n) is 4.51. The van der Waals surface area contributed by atoms with E-state index in [1.807, 2.05) is 31.2 Å². The Labute approximate surface area is 192 Å². The van der Waals surface area contributed by atoms with Crippen molar-refractivity contribution in [3.8, 4) is 11.5 Å². The molecule has 1 aliphatic rings. The molecule has 1 saturated heterocycles. The van der Waals surface area contributed by atoms with Crippen molar-refractivity contribution in [3.05, 3.63) is 24.3 Å². The molecule has 1 aromatic carbocycles. The van der Waals surface area contributed by atoms with Gasteiger partial charge in [0.25, 0.3) is 0 Å². The Morgan fingerprint density at radius 3 is 2.62 bits per heavy atom. The van der Waals surface area contributed by atoms with Crippen LogP contribution in [0.3, 0.4) is 0 Å². The second kappa shape index (κ2) is 14.7. The molecule has 2 rings (SSSR count). The van der Waals surface area contributed by atoms with Gasteiger partial charge in [0.15, 0.2) is 5.96 Å². The molecule has 0 aromatic heterocycles. The summed E-state index contributed by atoms with van der Waals surface area (Å²) in [5.74, 6) is 2.92. The van der Waals surface area contributed by atoms with Crippen molar-refractivity contribution in [3.63, 3.8) is 0 Å². The lowest BCUT2D eigenvalue weighted by Gasteiger charge is -2.28. The normalized spacial score (nSPS) is 17.0. The molecule has 166 valence electrons. The Hall–Kier alpha value is -1.26. The number of rotatable bonds is 10. The minimum atomic E-state index is 0. The molecule has 0 radical (unpaired) electrons. The first-order valence-electron chi connectivity index (χ1n) is 10.2. The Bertz CT molecular complexity index is 597. The molecule has 0 bridgehead atoms. The molecular formula is C21H37IN4O3. The Balaban J connectivity index is 0.00000420. The number of ether oxygens (including phenoxy) is 3. The van der Waals surface area contributed by atoms with Crippen molar-refractivity contribution in [2.24, 2.45) is 10.9 Å². The highest BCUT2D eigenvalue weighted by molar-refractivity contribution is 14.0. The van der Waals surface area contributed by atoms with Crippen LogP contribution in [-0.2, 0) is 4.74 Å². The van der Waals surface area contributed by atoms with Gasteiger partial charge >= 0.3 is 0 Å². The number of aliphatic imine (C=N–C) groups is 1. The smallest absolute Gasteiger partial charge is 0.191 e. The topological polar surface area (TPSA) is 67.4 Å². The van der Waals surface area contributed by atoms with E-state index in [1.165, 1.54) is 0 Å². The minimum absolute atomic E-state index is 0. The fourth-order valence-electron chi connectivity index (χ4n) is 3.06.